The van der Waals surface area contributed by atoms with Crippen LogP contribution < -0.4 is 10.1 Å². The Balaban J connectivity index is 1.88. The van der Waals surface area contributed by atoms with E-state index in [2.05, 4.69) is 18.3 Å². The second kappa shape index (κ2) is 7.97. The first-order valence-corrected chi connectivity index (χ1v) is 7.70. The highest BCUT2D eigenvalue weighted by molar-refractivity contribution is 5.33. The van der Waals surface area contributed by atoms with Gasteiger partial charge in [-0.3, -0.25) is 0 Å². The molecule has 2 atom stereocenters. The van der Waals surface area contributed by atoms with E-state index in [0.29, 0.717) is 6.54 Å². The molecule has 2 unspecified atom stereocenters. The van der Waals surface area contributed by atoms with Crippen molar-refractivity contribution in [3.05, 3.63) is 65.2 Å². The molecule has 2 aromatic rings. The second-order valence-electron chi connectivity index (χ2n) is 5.76. The van der Waals surface area contributed by atoms with Crippen LogP contribution in [0.3, 0.4) is 0 Å². The van der Waals surface area contributed by atoms with Crippen LogP contribution in [0, 0.1) is 6.92 Å². The van der Waals surface area contributed by atoms with E-state index in [1.165, 1.54) is 11.1 Å². The fourth-order valence-electron chi connectivity index (χ4n) is 2.58. The standard InChI is InChI=1S/C19H25NO2/c1-14-7-6-9-16(11-14)18(21)13-20-15(2)12-17-8-4-5-10-19(17)22-3/h4-11,15,18,20-21H,12-13H2,1-3H3. The summed E-state index contributed by atoms with van der Waals surface area (Å²) in [6.07, 6.45) is 0.380. The number of aryl methyl sites for hydroxylation is 1. The molecule has 0 radical (unpaired) electrons. The minimum Gasteiger partial charge on any atom is -0.496 e. The fraction of sp³-hybridized carbons (Fsp3) is 0.368. The molecule has 0 aliphatic carbocycles. The average molecular weight is 299 g/mol. The summed E-state index contributed by atoms with van der Waals surface area (Å²) in [4.78, 5) is 0. The fourth-order valence-corrected chi connectivity index (χ4v) is 2.58. The van der Waals surface area contributed by atoms with Gasteiger partial charge in [-0.2, -0.15) is 0 Å². The number of methoxy groups -OCH3 is 1. The molecule has 0 fully saturated rings. The van der Waals surface area contributed by atoms with Gasteiger partial charge in [0.2, 0.25) is 0 Å². The number of hydrogen-bond acceptors (Lipinski definition) is 3. The molecule has 2 N–H and O–H groups in total. The third-order valence-corrected chi connectivity index (χ3v) is 3.81. The summed E-state index contributed by atoms with van der Waals surface area (Å²) < 4.78 is 5.38. The van der Waals surface area contributed by atoms with Crippen molar-refractivity contribution >= 4 is 0 Å². The lowest BCUT2D eigenvalue weighted by Crippen LogP contribution is -2.32. The highest BCUT2D eigenvalue weighted by Crippen LogP contribution is 2.19. The van der Waals surface area contributed by atoms with Crippen LogP contribution in [-0.2, 0) is 6.42 Å². The van der Waals surface area contributed by atoms with E-state index >= 15 is 0 Å². The molecule has 0 spiro atoms. The van der Waals surface area contributed by atoms with E-state index in [-0.39, 0.29) is 6.04 Å². The maximum Gasteiger partial charge on any atom is 0.122 e. The Labute approximate surface area is 133 Å². The second-order valence-corrected chi connectivity index (χ2v) is 5.76. The number of hydrogen-bond donors (Lipinski definition) is 2. The van der Waals surface area contributed by atoms with E-state index in [0.717, 1.165) is 17.7 Å². The molecule has 0 aliphatic rings. The van der Waals surface area contributed by atoms with Crippen molar-refractivity contribution < 1.29 is 9.84 Å². The van der Waals surface area contributed by atoms with Gasteiger partial charge in [-0.05, 0) is 37.5 Å². The van der Waals surface area contributed by atoms with Gasteiger partial charge in [0.1, 0.15) is 5.75 Å². The third kappa shape index (κ3) is 4.58. The van der Waals surface area contributed by atoms with Crippen molar-refractivity contribution in [2.45, 2.75) is 32.4 Å². The molecule has 22 heavy (non-hydrogen) atoms. The van der Waals surface area contributed by atoms with E-state index in [1.54, 1.807) is 7.11 Å². The van der Waals surface area contributed by atoms with E-state index in [1.807, 2.05) is 49.4 Å². The summed E-state index contributed by atoms with van der Waals surface area (Å²) in [5, 5.41) is 13.7. The molecule has 0 heterocycles. The van der Waals surface area contributed by atoms with Crippen LogP contribution in [0.1, 0.15) is 29.7 Å². The van der Waals surface area contributed by atoms with Gasteiger partial charge in [0.15, 0.2) is 0 Å². The molecule has 2 aromatic carbocycles. The zero-order valence-electron chi connectivity index (χ0n) is 13.5. The monoisotopic (exact) mass is 299 g/mol. The van der Waals surface area contributed by atoms with Crippen molar-refractivity contribution in [2.24, 2.45) is 0 Å². The molecule has 0 saturated heterocycles. The van der Waals surface area contributed by atoms with Crippen molar-refractivity contribution in [1.82, 2.24) is 5.32 Å². The van der Waals surface area contributed by atoms with Gasteiger partial charge in [-0.25, -0.2) is 0 Å². The van der Waals surface area contributed by atoms with E-state index in [9.17, 15) is 5.11 Å². The molecule has 0 bridgehead atoms. The van der Waals surface area contributed by atoms with Crippen molar-refractivity contribution in [3.8, 4) is 5.75 Å². The van der Waals surface area contributed by atoms with Crippen LogP contribution >= 0.6 is 0 Å². The smallest absolute Gasteiger partial charge is 0.122 e. The predicted molar refractivity (Wildman–Crippen MR) is 90.3 cm³/mol. The van der Waals surface area contributed by atoms with Crippen molar-refractivity contribution in [1.29, 1.82) is 0 Å². The van der Waals surface area contributed by atoms with E-state index in [4.69, 9.17) is 4.74 Å². The summed E-state index contributed by atoms with van der Waals surface area (Å²) >= 11 is 0. The Morgan fingerprint density at radius 1 is 1.14 bits per heavy atom. The molecule has 3 nitrogen and oxygen atoms in total. The Morgan fingerprint density at radius 3 is 2.64 bits per heavy atom. The lowest BCUT2D eigenvalue weighted by atomic mass is 10.0. The number of aliphatic hydroxyl groups excluding tert-OH is 1. The molecule has 0 aromatic heterocycles. The van der Waals surface area contributed by atoms with Crippen LogP contribution in [0.2, 0.25) is 0 Å². The Morgan fingerprint density at radius 2 is 1.91 bits per heavy atom. The topological polar surface area (TPSA) is 41.5 Å². The van der Waals surface area contributed by atoms with Gasteiger partial charge in [0, 0.05) is 12.6 Å². The molecule has 2 rings (SSSR count). The lowest BCUT2D eigenvalue weighted by Gasteiger charge is -2.19. The zero-order valence-corrected chi connectivity index (χ0v) is 13.5. The zero-order chi connectivity index (χ0) is 15.9. The van der Waals surface area contributed by atoms with Gasteiger partial charge in [-0.15, -0.1) is 0 Å². The van der Waals surface area contributed by atoms with Gasteiger partial charge < -0.3 is 15.2 Å². The van der Waals surface area contributed by atoms with Crippen LogP contribution in [0.15, 0.2) is 48.5 Å². The largest absolute Gasteiger partial charge is 0.496 e. The summed E-state index contributed by atoms with van der Waals surface area (Å²) in [6.45, 7) is 4.70. The van der Waals surface area contributed by atoms with Gasteiger partial charge >= 0.3 is 0 Å². The summed E-state index contributed by atoms with van der Waals surface area (Å²) in [5.74, 6) is 0.912. The molecule has 0 saturated carbocycles. The van der Waals surface area contributed by atoms with Gasteiger partial charge in [0.05, 0.1) is 13.2 Å². The maximum atomic E-state index is 10.3. The predicted octanol–water partition coefficient (Wildman–Crippen LogP) is 3.26. The lowest BCUT2D eigenvalue weighted by molar-refractivity contribution is 0.170. The number of para-hydroxylation sites is 1. The first-order valence-electron chi connectivity index (χ1n) is 7.70. The molecule has 0 aliphatic heterocycles. The molecular formula is C19H25NO2. The highest BCUT2D eigenvalue weighted by Gasteiger charge is 2.11. The van der Waals surface area contributed by atoms with Crippen molar-refractivity contribution in [2.75, 3.05) is 13.7 Å². The van der Waals surface area contributed by atoms with Crippen LogP contribution in [0.4, 0.5) is 0 Å². The normalized spacial score (nSPS) is 13.6. The third-order valence-electron chi connectivity index (χ3n) is 3.81. The summed E-state index contributed by atoms with van der Waals surface area (Å²) in [7, 11) is 1.69. The van der Waals surface area contributed by atoms with Gasteiger partial charge in [0.25, 0.3) is 0 Å². The minimum absolute atomic E-state index is 0.260. The first kappa shape index (κ1) is 16.5. The number of rotatable bonds is 7. The molecule has 118 valence electrons. The van der Waals surface area contributed by atoms with Crippen LogP contribution in [0.5, 0.6) is 5.75 Å². The average Bonchev–Trinajstić information content (AvgIpc) is 2.53. The quantitative estimate of drug-likeness (QED) is 0.824. The van der Waals surface area contributed by atoms with Crippen LogP contribution in [0.25, 0.3) is 0 Å². The Kier molecular flexibility index (Phi) is 5.99. The molecule has 0 amide bonds. The van der Waals surface area contributed by atoms with Gasteiger partial charge in [-0.1, -0.05) is 48.0 Å². The van der Waals surface area contributed by atoms with Crippen molar-refractivity contribution in [3.63, 3.8) is 0 Å². The minimum atomic E-state index is -0.486. The summed E-state index contributed by atoms with van der Waals surface area (Å²) in [6, 6.07) is 16.3. The number of ether oxygens (including phenoxy) is 1. The Hall–Kier alpha value is -1.84. The molecular weight excluding hydrogens is 274 g/mol. The maximum absolute atomic E-state index is 10.3. The Bertz CT molecular complexity index is 597. The molecule has 3 heteroatoms. The number of aliphatic hydroxyl groups is 1. The number of nitrogens with one attached hydrogen (secondary N) is 1. The first-order chi connectivity index (χ1) is 10.6. The SMILES string of the molecule is COc1ccccc1CC(C)NCC(O)c1cccc(C)c1. The highest BCUT2D eigenvalue weighted by atomic mass is 16.5. The van der Waals surface area contributed by atoms with Crippen LogP contribution in [-0.4, -0.2) is 24.8 Å². The number of benzene rings is 2. The van der Waals surface area contributed by atoms with E-state index < -0.39 is 6.10 Å². The summed E-state index contributed by atoms with van der Waals surface area (Å²) in [5.41, 5.74) is 3.30.